The van der Waals surface area contributed by atoms with Crippen LogP contribution in [0.15, 0.2) is 48.5 Å². The summed E-state index contributed by atoms with van der Waals surface area (Å²) in [5, 5.41) is 3.58. The van der Waals surface area contributed by atoms with Crippen molar-refractivity contribution in [3.63, 3.8) is 0 Å². The van der Waals surface area contributed by atoms with E-state index in [9.17, 15) is 4.79 Å². The molecular weight excluding hydrogens is 306 g/mol. The number of methoxy groups -OCH3 is 1. The lowest BCUT2D eigenvalue weighted by Gasteiger charge is -2.07. The van der Waals surface area contributed by atoms with E-state index in [2.05, 4.69) is 5.32 Å². The summed E-state index contributed by atoms with van der Waals surface area (Å²) in [7, 11) is 1.61. The Kier molecular flexibility index (Phi) is 5.96. The number of carbonyl (C=O) groups is 1. The maximum atomic E-state index is 11.8. The molecule has 2 aromatic rings. The summed E-state index contributed by atoms with van der Waals surface area (Å²) in [6.45, 7) is 0. The molecule has 0 saturated heterocycles. The SMILES string of the molecule is COc1ccc(NC(=O)CSCc2ccccc2Cl)cc1. The monoisotopic (exact) mass is 321 g/mol. The summed E-state index contributed by atoms with van der Waals surface area (Å²) in [6.07, 6.45) is 0. The Morgan fingerprint density at radius 2 is 1.90 bits per heavy atom. The van der Waals surface area contributed by atoms with Gasteiger partial charge in [0.2, 0.25) is 5.91 Å². The number of carbonyl (C=O) groups excluding carboxylic acids is 1. The van der Waals surface area contributed by atoms with Gasteiger partial charge in [0, 0.05) is 16.5 Å². The topological polar surface area (TPSA) is 38.3 Å². The Morgan fingerprint density at radius 3 is 2.57 bits per heavy atom. The normalized spacial score (nSPS) is 10.2. The lowest BCUT2D eigenvalue weighted by molar-refractivity contribution is -0.113. The Bertz CT molecular complexity index is 601. The van der Waals surface area contributed by atoms with Gasteiger partial charge >= 0.3 is 0 Å². The third-order valence-corrected chi connectivity index (χ3v) is 4.17. The molecule has 0 fully saturated rings. The molecule has 0 heterocycles. The van der Waals surface area contributed by atoms with Crippen LogP contribution >= 0.6 is 23.4 Å². The van der Waals surface area contributed by atoms with Crippen molar-refractivity contribution < 1.29 is 9.53 Å². The first-order chi connectivity index (χ1) is 10.2. The summed E-state index contributed by atoms with van der Waals surface area (Å²) in [5.41, 5.74) is 1.81. The van der Waals surface area contributed by atoms with E-state index < -0.39 is 0 Å². The van der Waals surface area contributed by atoms with Gasteiger partial charge in [-0.2, -0.15) is 0 Å². The lowest BCUT2D eigenvalue weighted by Crippen LogP contribution is -2.14. The second kappa shape index (κ2) is 7.96. The van der Waals surface area contributed by atoms with Gasteiger partial charge in [-0.15, -0.1) is 11.8 Å². The van der Waals surface area contributed by atoms with Crippen LogP contribution in [-0.2, 0) is 10.5 Å². The molecule has 0 aromatic heterocycles. The number of benzene rings is 2. The number of ether oxygens (including phenoxy) is 1. The van der Waals surface area contributed by atoms with Gasteiger partial charge in [-0.1, -0.05) is 29.8 Å². The Balaban J connectivity index is 1.78. The van der Waals surface area contributed by atoms with E-state index in [0.717, 1.165) is 27.8 Å². The minimum Gasteiger partial charge on any atom is -0.497 e. The van der Waals surface area contributed by atoms with E-state index in [1.807, 2.05) is 48.5 Å². The Morgan fingerprint density at radius 1 is 1.19 bits per heavy atom. The van der Waals surface area contributed by atoms with Gasteiger partial charge in [0.15, 0.2) is 0 Å². The number of rotatable bonds is 6. The quantitative estimate of drug-likeness (QED) is 0.865. The molecule has 0 aliphatic rings. The van der Waals surface area contributed by atoms with Crippen LogP contribution in [0.4, 0.5) is 5.69 Å². The minimum atomic E-state index is -0.0304. The van der Waals surface area contributed by atoms with Crippen molar-refractivity contribution in [3.05, 3.63) is 59.1 Å². The van der Waals surface area contributed by atoms with Gasteiger partial charge in [0.05, 0.1) is 12.9 Å². The molecule has 110 valence electrons. The molecule has 0 bridgehead atoms. The molecular formula is C16H16ClNO2S. The van der Waals surface area contributed by atoms with Crippen LogP contribution in [0.1, 0.15) is 5.56 Å². The number of nitrogens with one attached hydrogen (secondary N) is 1. The average Bonchev–Trinajstić information content (AvgIpc) is 2.50. The number of hydrogen-bond acceptors (Lipinski definition) is 3. The summed E-state index contributed by atoms with van der Waals surface area (Å²) in [6, 6.07) is 14.9. The van der Waals surface area contributed by atoms with Gasteiger partial charge < -0.3 is 10.1 Å². The second-order valence-corrected chi connectivity index (χ2v) is 5.75. The number of hydrogen-bond donors (Lipinski definition) is 1. The van der Waals surface area contributed by atoms with Crippen molar-refractivity contribution in [2.75, 3.05) is 18.2 Å². The molecule has 0 radical (unpaired) electrons. The fourth-order valence-electron chi connectivity index (χ4n) is 1.74. The van der Waals surface area contributed by atoms with Gasteiger partial charge in [0.1, 0.15) is 5.75 Å². The summed E-state index contributed by atoms with van der Waals surface area (Å²) in [5.74, 6) is 1.84. The van der Waals surface area contributed by atoms with Crippen LogP contribution in [-0.4, -0.2) is 18.8 Å². The van der Waals surface area contributed by atoms with Crippen LogP contribution in [0.3, 0.4) is 0 Å². The first-order valence-electron chi connectivity index (χ1n) is 6.44. The predicted octanol–water partition coefficient (Wildman–Crippen LogP) is 4.22. The van der Waals surface area contributed by atoms with Crippen molar-refractivity contribution in [2.24, 2.45) is 0 Å². The van der Waals surface area contributed by atoms with Crippen molar-refractivity contribution >= 4 is 35.0 Å². The fourth-order valence-corrected chi connectivity index (χ4v) is 2.85. The van der Waals surface area contributed by atoms with E-state index in [4.69, 9.17) is 16.3 Å². The van der Waals surface area contributed by atoms with Gasteiger partial charge in [-0.05, 0) is 35.9 Å². The highest BCUT2D eigenvalue weighted by atomic mass is 35.5. The zero-order chi connectivity index (χ0) is 15.1. The van der Waals surface area contributed by atoms with Crippen molar-refractivity contribution in [3.8, 4) is 5.75 Å². The number of anilines is 1. The average molecular weight is 322 g/mol. The Hall–Kier alpha value is -1.65. The predicted molar refractivity (Wildman–Crippen MR) is 89.2 cm³/mol. The molecule has 3 nitrogen and oxygen atoms in total. The van der Waals surface area contributed by atoms with E-state index in [0.29, 0.717) is 5.75 Å². The van der Waals surface area contributed by atoms with Crippen LogP contribution in [0.2, 0.25) is 5.02 Å². The van der Waals surface area contributed by atoms with Crippen LogP contribution in [0.5, 0.6) is 5.75 Å². The largest absolute Gasteiger partial charge is 0.497 e. The number of amides is 1. The molecule has 2 rings (SSSR count). The zero-order valence-electron chi connectivity index (χ0n) is 11.6. The van der Waals surface area contributed by atoms with Crippen molar-refractivity contribution in [2.45, 2.75) is 5.75 Å². The van der Waals surface area contributed by atoms with E-state index in [1.54, 1.807) is 7.11 Å². The maximum Gasteiger partial charge on any atom is 0.234 e. The molecule has 1 amide bonds. The first kappa shape index (κ1) is 15.7. The molecule has 1 N–H and O–H groups in total. The number of halogens is 1. The second-order valence-electron chi connectivity index (χ2n) is 4.36. The summed E-state index contributed by atoms with van der Waals surface area (Å²) < 4.78 is 5.07. The first-order valence-corrected chi connectivity index (χ1v) is 7.97. The lowest BCUT2D eigenvalue weighted by atomic mass is 10.2. The third-order valence-electron chi connectivity index (χ3n) is 2.82. The molecule has 0 atom stereocenters. The van der Waals surface area contributed by atoms with Gasteiger partial charge in [-0.25, -0.2) is 0 Å². The van der Waals surface area contributed by atoms with Gasteiger partial charge in [0.25, 0.3) is 0 Å². The standard InChI is InChI=1S/C16H16ClNO2S/c1-20-14-8-6-13(7-9-14)18-16(19)11-21-10-12-4-2-3-5-15(12)17/h2-9H,10-11H2,1H3,(H,18,19). The summed E-state index contributed by atoms with van der Waals surface area (Å²) in [4.78, 5) is 11.8. The van der Waals surface area contributed by atoms with Gasteiger partial charge in [-0.3, -0.25) is 4.79 Å². The molecule has 0 aliphatic carbocycles. The zero-order valence-corrected chi connectivity index (χ0v) is 13.2. The highest BCUT2D eigenvalue weighted by Gasteiger charge is 2.05. The van der Waals surface area contributed by atoms with Crippen molar-refractivity contribution in [1.82, 2.24) is 0 Å². The molecule has 2 aromatic carbocycles. The summed E-state index contributed by atoms with van der Waals surface area (Å²) >= 11 is 7.61. The molecule has 0 aliphatic heterocycles. The molecule has 21 heavy (non-hydrogen) atoms. The van der Waals surface area contributed by atoms with Crippen LogP contribution in [0.25, 0.3) is 0 Å². The molecule has 5 heteroatoms. The highest BCUT2D eigenvalue weighted by molar-refractivity contribution is 7.99. The third kappa shape index (κ3) is 4.99. The molecule has 0 unspecified atom stereocenters. The Labute approximate surface area is 133 Å². The molecule has 0 spiro atoms. The van der Waals surface area contributed by atoms with E-state index in [1.165, 1.54) is 11.8 Å². The van der Waals surface area contributed by atoms with E-state index >= 15 is 0 Å². The highest BCUT2D eigenvalue weighted by Crippen LogP contribution is 2.21. The number of thioether (sulfide) groups is 1. The van der Waals surface area contributed by atoms with Crippen LogP contribution in [0, 0.1) is 0 Å². The van der Waals surface area contributed by atoms with Crippen molar-refractivity contribution in [1.29, 1.82) is 0 Å². The van der Waals surface area contributed by atoms with Crippen LogP contribution < -0.4 is 10.1 Å². The molecule has 0 saturated carbocycles. The maximum absolute atomic E-state index is 11.8. The van der Waals surface area contributed by atoms with E-state index in [-0.39, 0.29) is 5.91 Å². The minimum absolute atomic E-state index is 0.0304. The smallest absolute Gasteiger partial charge is 0.234 e. The fraction of sp³-hybridized carbons (Fsp3) is 0.188.